The van der Waals surface area contributed by atoms with Gasteiger partial charge in [0.1, 0.15) is 0 Å². The zero-order valence-electron chi connectivity index (χ0n) is 30.7. The summed E-state index contributed by atoms with van der Waals surface area (Å²) < 4.78 is 5.98. The highest BCUT2D eigenvalue weighted by Crippen LogP contribution is 2.68. The SMILES string of the molecule is CCCCCCCCCCCCCCCCOC=C(C)CCC[C@@H](C)[C@H]1CC[C@H]2[C@@H]3CCC4CCCC[C@]4(C)[C@H]3CC[C@]12C. The van der Waals surface area contributed by atoms with Gasteiger partial charge in [0.25, 0.3) is 0 Å². The Morgan fingerprint density at radius 2 is 1.32 bits per heavy atom. The van der Waals surface area contributed by atoms with Crippen LogP contribution < -0.4 is 0 Å². The Morgan fingerprint density at radius 3 is 2.00 bits per heavy atom. The third-order valence-corrected chi connectivity index (χ3v) is 14.5. The Kier molecular flexibility index (Phi) is 15.5. The maximum Gasteiger partial charge on any atom is 0.0873 e. The minimum atomic E-state index is 0.625. The first kappa shape index (κ1) is 36.4. The van der Waals surface area contributed by atoms with Gasteiger partial charge in [0.2, 0.25) is 0 Å². The predicted molar refractivity (Wildman–Crippen MR) is 193 cm³/mol. The van der Waals surface area contributed by atoms with Gasteiger partial charge in [0.05, 0.1) is 12.9 Å². The summed E-state index contributed by atoms with van der Waals surface area (Å²) in [5.74, 6) is 6.02. The molecular formula is C43H78O. The van der Waals surface area contributed by atoms with Gasteiger partial charge in [-0.3, -0.25) is 0 Å². The van der Waals surface area contributed by atoms with Crippen LogP contribution in [0.15, 0.2) is 11.8 Å². The normalized spacial score (nSPS) is 34.3. The van der Waals surface area contributed by atoms with E-state index in [9.17, 15) is 0 Å². The van der Waals surface area contributed by atoms with Gasteiger partial charge in [-0.15, -0.1) is 0 Å². The Morgan fingerprint density at radius 1 is 0.682 bits per heavy atom. The van der Waals surface area contributed by atoms with E-state index in [-0.39, 0.29) is 0 Å². The summed E-state index contributed by atoms with van der Waals surface area (Å²) in [5, 5.41) is 0. The van der Waals surface area contributed by atoms with Crippen molar-refractivity contribution in [2.24, 2.45) is 46.3 Å². The topological polar surface area (TPSA) is 9.23 Å². The van der Waals surface area contributed by atoms with Crippen LogP contribution in [0.4, 0.5) is 0 Å². The molecule has 4 aliphatic rings. The van der Waals surface area contributed by atoms with Crippen LogP contribution >= 0.6 is 0 Å². The molecule has 44 heavy (non-hydrogen) atoms. The van der Waals surface area contributed by atoms with Gasteiger partial charge in [-0.2, -0.15) is 0 Å². The predicted octanol–water partition coefficient (Wildman–Crippen LogP) is 14.2. The van der Waals surface area contributed by atoms with E-state index < -0.39 is 0 Å². The molecule has 0 saturated heterocycles. The summed E-state index contributed by atoms with van der Waals surface area (Å²) >= 11 is 0. The second kappa shape index (κ2) is 18.8. The third-order valence-electron chi connectivity index (χ3n) is 14.5. The van der Waals surface area contributed by atoms with Crippen molar-refractivity contribution < 1.29 is 4.74 Å². The van der Waals surface area contributed by atoms with Crippen LogP contribution in [-0.2, 0) is 4.74 Å². The Balaban J connectivity index is 1.03. The summed E-state index contributed by atoms with van der Waals surface area (Å²) in [7, 11) is 0. The van der Waals surface area contributed by atoms with E-state index >= 15 is 0 Å². The number of allylic oxidation sites excluding steroid dienone is 1. The van der Waals surface area contributed by atoms with Crippen molar-refractivity contribution in [1.29, 1.82) is 0 Å². The lowest BCUT2D eigenvalue weighted by atomic mass is 9.44. The minimum Gasteiger partial charge on any atom is -0.501 e. The fourth-order valence-electron chi connectivity index (χ4n) is 11.8. The number of fused-ring (bicyclic) bond motifs is 5. The van der Waals surface area contributed by atoms with Crippen LogP contribution in [0.25, 0.3) is 0 Å². The molecule has 4 rings (SSSR count). The summed E-state index contributed by atoms with van der Waals surface area (Å²) in [6.45, 7) is 13.6. The number of ether oxygens (including phenoxy) is 1. The molecule has 8 atom stereocenters. The molecule has 0 N–H and O–H groups in total. The minimum absolute atomic E-state index is 0.625. The van der Waals surface area contributed by atoms with Crippen molar-refractivity contribution in [1.82, 2.24) is 0 Å². The van der Waals surface area contributed by atoms with Gasteiger partial charge < -0.3 is 4.74 Å². The molecule has 0 bridgehead atoms. The van der Waals surface area contributed by atoms with Crippen LogP contribution in [0.1, 0.15) is 208 Å². The molecule has 4 aliphatic carbocycles. The number of hydrogen-bond donors (Lipinski definition) is 0. The first-order valence-corrected chi connectivity index (χ1v) is 20.7. The van der Waals surface area contributed by atoms with Crippen molar-refractivity contribution in [3.05, 3.63) is 11.8 Å². The van der Waals surface area contributed by atoms with Gasteiger partial charge >= 0.3 is 0 Å². The smallest absolute Gasteiger partial charge is 0.0873 e. The van der Waals surface area contributed by atoms with E-state index in [1.807, 2.05) is 0 Å². The molecule has 1 nitrogen and oxygen atoms in total. The quantitative estimate of drug-likeness (QED) is 0.0928. The van der Waals surface area contributed by atoms with Crippen LogP contribution in [0, 0.1) is 46.3 Å². The van der Waals surface area contributed by atoms with Crippen LogP contribution in [0.5, 0.6) is 0 Å². The van der Waals surface area contributed by atoms with Crippen LogP contribution in [0.2, 0.25) is 0 Å². The van der Waals surface area contributed by atoms with E-state index in [1.165, 1.54) is 147 Å². The molecule has 0 heterocycles. The molecule has 1 unspecified atom stereocenters. The third kappa shape index (κ3) is 9.78. The summed E-state index contributed by atoms with van der Waals surface area (Å²) in [6.07, 6.45) is 41.3. The first-order valence-electron chi connectivity index (χ1n) is 20.7. The van der Waals surface area contributed by atoms with E-state index in [0.29, 0.717) is 10.8 Å². The van der Waals surface area contributed by atoms with Crippen molar-refractivity contribution in [2.45, 2.75) is 208 Å². The molecule has 0 aliphatic heterocycles. The van der Waals surface area contributed by atoms with Crippen LogP contribution in [0.3, 0.4) is 0 Å². The molecule has 0 spiro atoms. The fourth-order valence-corrected chi connectivity index (χ4v) is 11.8. The molecule has 0 aromatic carbocycles. The van der Waals surface area contributed by atoms with Crippen LogP contribution in [-0.4, -0.2) is 6.61 Å². The van der Waals surface area contributed by atoms with Crippen molar-refractivity contribution >= 4 is 0 Å². The lowest BCUT2D eigenvalue weighted by Crippen LogP contribution is -2.53. The molecule has 0 amide bonds. The van der Waals surface area contributed by atoms with E-state index in [2.05, 4.69) is 40.9 Å². The Labute approximate surface area is 276 Å². The highest BCUT2D eigenvalue weighted by molar-refractivity contribution is 5.09. The maximum atomic E-state index is 5.98. The molecule has 4 fully saturated rings. The van der Waals surface area contributed by atoms with E-state index in [1.54, 1.807) is 32.1 Å². The van der Waals surface area contributed by atoms with Gasteiger partial charge in [-0.25, -0.2) is 0 Å². The largest absolute Gasteiger partial charge is 0.501 e. The highest BCUT2D eigenvalue weighted by atomic mass is 16.5. The molecule has 0 aromatic rings. The summed E-state index contributed by atoms with van der Waals surface area (Å²) in [4.78, 5) is 0. The van der Waals surface area contributed by atoms with Crippen molar-refractivity contribution in [2.75, 3.05) is 6.61 Å². The lowest BCUT2D eigenvalue weighted by molar-refractivity contribution is -0.114. The summed E-state index contributed by atoms with van der Waals surface area (Å²) in [5.41, 5.74) is 2.76. The molecule has 0 radical (unpaired) electrons. The number of unbranched alkanes of at least 4 members (excludes halogenated alkanes) is 13. The fraction of sp³-hybridized carbons (Fsp3) is 0.953. The van der Waals surface area contributed by atoms with E-state index in [4.69, 9.17) is 4.74 Å². The Hall–Kier alpha value is -0.460. The molecular weight excluding hydrogens is 532 g/mol. The van der Waals surface area contributed by atoms with Gasteiger partial charge in [-0.1, -0.05) is 130 Å². The molecule has 0 aromatic heterocycles. The van der Waals surface area contributed by atoms with Crippen molar-refractivity contribution in [3.8, 4) is 0 Å². The monoisotopic (exact) mass is 611 g/mol. The zero-order valence-corrected chi connectivity index (χ0v) is 30.7. The summed E-state index contributed by atoms with van der Waals surface area (Å²) in [6, 6.07) is 0. The van der Waals surface area contributed by atoms with Gasteiger partial charge in [0, 0.05) is 0 Å². The number of hydrogen-bond acceptors (Lipinski definition) is 1. The standard InChI is InChI=1S/C43H78O/c1-6-7-8-9-10-11-12-13-14-15-16-17-18-21-33-44-34-35(2)23-22-24-36(3)39-28-29-40-38-27-26-37-25-19-20-31-42(37,4)41(38)30-32-43(39,40)5/h34,36-41H,6-33H2,1-5H3/t36-,37?,38+,39-,40+,41+,42+,43-/m1/s1. The zero-order chi connectivity index (χ0) is 31.3. The van der Waals surface area contributed by atoms with Gasteiger partial charge in [-0.05, 0) is 129 Å². The Bertz CT molecular complexity index is 814. The average Bonchev–Trinajstić information content (AvgIpc) is 3.38. The lowest BCUT2D eigenvalue weighted by Gasteiger charge is -2.61. The maximum absolute atomic E-state index is 5.98. The second-order valence-corrected chi connectivity index (χ2v) is 17.4. The molecule has 4 saturated carbocycles. The highest BCUT2D eigenvalue weighted by Gasteiger charge is 2.60. The first-order chi connectivity index (χ1) is 21.4. The molecule has 256 valence electrons. The second-order valence-electron chi connectivity index (χ2n) is 17.4. The van der Waals surface area contributed by atoms with E-state index in [0.717, 1.165) is 42.1 Å². The van der Waals surface area contributed by atoms with Gasteiger partial charge in [0.15, 0.2) is 0 Å². The number of rotatable bonds is 21. The molecule has 1 heteroatoms. The van der Waals surface area contributed by atoms with Crippen molar-refractivity contribution in [3.63, 3.8) is 0 Å². The average molecular weight is 611 g/mol.